The molecule has 1 aromatic heterocycles. The first-order valence-electron chi connectivity index (χ1n) is 8.91. The molecule has 0 fully saturated rings. The predicted molar refractivity (Wildman–Crippen MR) is 114 cm³/mol. The van der Waals surface area contributed by atoms with Crippen molar-refractivity contribution >= 4 is 23.4 Å². The lowest BCUT2D eigenvalue weighted by Gasteiger charge is -2.14. The van der Waals surface area contributed by atoms with Crippen molar-refractivity contribution in [3.63, 3.8) is 0 Å². The molecule has 0 spiro atoms. The number of anilines is 1. The Labute approximate surface area is 174 Å². The van der Waals surface area contributed by atoms with Gasteiger partial charge in [0.25, 0.3) is 5.91 Å². The molecule has 0 atom stereocenters. The molecule has 0 bridgehead atoms. The van der Waals surface area contributed by atoms with Crippen molar-refractivity contribution < 1.29 is 23.4 Å². The van der Waals surface area contributed by atoms with Crippen molar-refractivity contribution in [3.8, 4) is 17.2 Å². The van der Waals surface area contributed by atoms with Crippen molar-refractivity contribution in [2.45, 2.75) is 11.3 Å². The second-order valence-electron chi connectivity index (χ2n) is 6.14. The summed E-state index contributed by atoms with van der Waals surface area (Å²) in [5.41, 5.74) is 1.53. The number of rotatable bonds is 8. The fourth-order valence-corrected chi connectivity index (χ4v) is 3.37. The Morgan fingerprint density at radius 3 is 2.34 bits per heavy atom. The van der Waals surface area contributed by atoms with Gasteiger partial charge in [-0.25, -0.2) is 0 Å². The number of carbonyl (C=O) groups excluding carboxylic acids is 1. The highest BCUT2D eigenvalue weighted by Crippen LogP contribution is 2.36. The van der Waals surface area contributed by atoms with E-state index in [1.54, 1.807) is 57.4 Å². The van der Waals surface area contributed by atoms with Crippen LogP contribution in [0.1, 0.15) is 21.9 Å². The highest BCUT2D eigenvalue weighted by Gasteiger charge is 2.17. The van der Waals surface area contributed by atoms with E-state index in [2.05, 4.69) is 5.32 Å². The largest absolute Gasteiger partial charge is 0.496 e. The number of thioether (sulfide) groups is 1. The van der Waals surface area contributed by atoms with Gasteiger partial charge in [0.2, 0.25) is 0 Å². The summed E-state index contributed by atoms with van der Waals surface area (Å²) < 4.78 is 22.0. The number of hydrogen-bond acceptors (Lipinski definition) is 6. The summed E-state index contributed by atoms with van der Waals surface area (Å²) in [6.07, 6.45) is 2.40. The molecular weight excluding hydrogens is 390 g/mol. The smallest absolute Gasteiger partial charge is 0.291 e. The van der Waals surface area contributed by atoms with Gasteiger partial charge in [-0.3, -0.25) is 4.79 Å². The average molecular weight is 413 g/mol. The van der Waals surface area contributed by atoms with E-state index in [0.717, 1.165) is 16.1 Å². The summed E-state index contributed by atoms with van der Waals surface area (Å²) in [5, 5.41) is 2.86. The average Bonchev–Trinajstić information content (AvgIpc) is 3.22. The van der Waals surface area contributed by atoms with Gasteiger partial charge in [0, 0.05) is 34.7 Å². The fraction of sp³-hybridized carbons (Fsp3) is 0.227. The van der Waals surface area contributed by atoms with Crippen LogP contribution in [0.2, 0.25) is 0 Å². The number of furan rings is 1. The highest BCUT2D eigenvalue weighted by atomic mass is 32.2. The lowest BCUT2D eigenvalue weighted by Crippen LogP contribution is -2.10. The number of carbonyl (C=O) groups is 1. The van der Waals surface area contributed by atoms with Crippen LogP contribution in [0.3, 0.4) is 0 Å². The zero-order valence-electron chi connectivity index (χ0n) is 16.8. The molecule has 0 radical (unpaired) electrons. The van der Waals surface area contributed by atoms with Crippen molar-refractivity contribution in [1.29, 1.82) is 0 Å². The molecule has 6 nitrogen and oxygen atoms in total. The predicted octanol–water partition coefficient (Wildman–Crippen LogP) is 4.87. The number of nitrogens with one attached hydrogen (secondary N) is 1. The standard InChI is InChI=1S/C22H23NO5S/c1-25-16-12-20(26-2)18(21(13-16)27-3)11-15-8-9-19(28-15)22(24)23-14-6-5-7-17(10-14)29-4/h5-10,12-13H,11H2,1-4H3,(H,23,24). The van der Waals surface area contributed by atoms with E-state index in [4.69, 9.17) is 18.6 Å². The van der Waals surface area contributed by atoms with Gasteiger partial charge in [-0.2, -0.15) is 0 Å². The molecule has 1 N–H and O–H groups in total. The second-order valence-corrected chi connectivity index (χ2v) is 7.02. The molecule has 0 saturated heterocycles. The lowest BCUT2D eigenvalue weighted by atomic mass is 10.1. The fourth-order valence-electron chi connectivity index (χ4n) is 2.91. The maximum atomic E-state index is 12.5. The van der Waals surface area contributed by atoms with E-state index in [1.807, 2.05) is 30.5 Å². The first kappa shape index (κ1) is 20.7. The Balaban J connectivity index is 1.79. The van der Waals surface area contributed by atoms with Crippen molar-refractivity contribution in [3.05, 3.63) is 65.6 Å². The van der Waals surface area contributed by atoms with Crippen LogP contribution in [0.25, 0.3) is 0 Å². The highest BCUT2D eigenvalue weighted by molar-refractivity contribution is 7.98. The van der Waals surface area contributed by atoms with Crippen LogP contribution in [-0.2, 0) is 6.42 Å². The van der Waals surface area contributed by atoms with Gasteiger partial charge in [-0.1, -0.05) is 6.07 Å². The molecule has 0 saturated carbocycles. The van der Waals surface area contributed by atoms with E-state index < -0.39 is 0 Å². The number of amides is 1. The number of benzene rings is 2. The van der Waals surface area contributed by atoms with E-state index in [1.165, 1.54) is 0 Å². The molecule has 3 rings (SSSR count). The second kappa shape index (κ2) is 9.43. The van der Waals surface area contributed by atoms with Crippen LogP contribution in [0.15, 0.2) is 57.8 Å². The summed E-state index contributed by atoms with van der Waals surface area (Å²) in [6.45, 7) is 0. The third kappa shape index (κ3) is 4.86. The first-order chi connectivity index (χ1) is 14.1. The van der Waals surface area contributed by atoms with Gasteiger partial charge in [-0.15, -0.1) is 11.8 Å². The minimum atomic E-state index is -0.303. The van der Waals surface area contributed by atoms with Crippen LogP contribution >= 0.6 is 11.8 Å². The van der Waals surface area contributed by atoms with Crippen molar-refractivity contribution in [2.24, 2.45) is 0 Å². The Kier molecular flexibility index (Phi) is 6.72. The van der Waals surface area contributed by atoms with Crippen LogP contribution in [0, 0.1) is 0 Å². The first-order valence-corrected chi connectivity index (χ1v) is 10.1. The minimum absolute atomic E-state index is 0.237. The summed E-state index contributed by atoms with van der Waals surface area (Å²) in [4.78, 5) is 13.6. The number of hydrogen-bond donors (Lipinski definition) is 1. The van der Waals surface area contributed by atoms with E-state index in [9.17, 15) is 4.79 Å². The van der Waals surface area contributed by atoms with Crippen LogP contribution in [0.4, 0.5) is 5.69 Å². The zero-order chi connectivity index (χ0) is 20.8. The SMILES string of the molecule is COc1cc(OC)c(Cc2ccc(C(=O)Nc3cccc(SC)c3)o2)c(OC)c1. The third-order valence-electron chi connectivity index (χ3n) is 4.38. The summed E-state index contributed by atoms with van der Waals surface area (Å²) in [5.74, 6) is 2.43. The molecular formula is C22H23NO5S. The Morgan fingerprint density at radius 2 is 1.72 bits per heavy atom. The van der Waals surface area contributed by atoms with Gasteiger partial charge < -0.3 is 23.9 Å². The zero-order valence-corrected chi connectivity index (χ0v) is 17.6. The van der Waals surface area contributed by atoms with Crippen LogP contribution in [0.5, 0.6) is 17.2 Å². The van der Waals surface area contributed by atoms with Crippen molar-refractivity contribution in [2.75, 3.05) is 32.9 Å². The molecule has 0 aliphatic carbocycles. The monoisotopic (exact) mass is 413 g/mol. The molecule has 1 amide bonds. The van der Waals surface area contributed by atoms with Crippen LogP contribution in [-0.4, -0.2) is 33.5 Å². The molecule has 0 aliphatic rings. The van der Waals surface area contributed by atoms with Crippen LogP contribution < -0.4 is 19.5 Å². The number of ether oxygens (including phenoxy) is 3. The quantitative estimate of drug-likeness (QED) is 0.531. The van der Waals surface area contributed by atoms with E-state index in [0.29, 0.717) is 29.4 Å². The molecule has 3 aromatic rings. The normalized spacial score (nSPS) is 10.5. The molecule has 2 aromatic carbocycles. The van der Waals surface area contributed by atoms with Crippen molar-refractivity contribution in [1.82, 2.24) is 0 Å². The Hall–Kier alpha value is -3.06. The minimum Gasteiger partial charge on any atom is -0.496 e. The molecule has 29 heavy (non-hydrogen) atoms. The van der Waals surface area contributed by atoms with Gasteiger partial charge in [0.15, 0.2) is 5.76 Å². The third-order valence-corrected chi connectivity index (χ3v) is 5.11. The Morgan fingerprint density at radius 1 is 1.00 bits per heavy atom. The molecule has 0 aliphatic heterocycles. The lowest BCUT2D eigenvalue weighted by molar-refractivity contribution is 0.0995. The van der Waals surface area contributed by atoms with E-state index in [-0.39, 0.29) is 11.7 Å². The molecule has 0 unspecified atom stereocenters. The van der Waals surface area contributed by atoms with Gasteiger partial charge in [-0.05, 0) is 36.6 Å². The Bertz CT molecular complexity index is 973. The molecule has 7 heteroatoms. The topological polar surface area (TPSA) is 69.9 Å². The van der Waals surface area contributed by atoms with E-state index >= 15 is 0 Å². The molecule has 152 valence electrons. The number of methoxy groups -OCH3 is 3. The summed E-state index contributed by atoms with van der Waals surface area (Å²) >= 11 is 1.61. The maximum absolute atomic E-state index is 12.5. The summed E-state index contributed by atoms with van der Waals surface area (Å²) in [6, 6.07) is 14.6. The van der Waals surface area contributed by atoms with Gasteiger partial charge in [0.05, 0.1) is 21.3 Å². The summed E-state index contributed by atoms with van der Waals surface area (Å²) in [7, 11) is 4.75. The molecule has 1 heterocycles. The maximum Gasteiger partial charge on any atom is 0.291 e. The van der Waals surface area contributed by atoms with Gasteiger partial charge in [0.1, 0.15) is 23.0 Å². The van der Waals surface area contributed by atoms with Gasteiger partial charge >= 0.3 is 0 Å².